The van der Waals surface area contributed by atoms with Crippen LogP contribution in [0.1, 0.15) is 38.8 Å². The molecule has 0 fully saturated rings. The van der Waals surface area contributed by atoms with E-state index in [2.05, 4.69) is 0 Å². The zero-order valence-electron chi connectivity index (χ0n) is 19.3. The lowest BCUT2D eigenvalue weighted by atomic mass is 9.93. The normalized spacial score (nSPS) is 18.8. The average molecular weight is 464 g/mol. The van der Waals surface area contributed by atoms with E-state index < -0.39 is 20.9 Å². The fourth-order valence-electron chi connectivity index (χ4n) is 3.67. The first-order chi connectivity index (χ1) is 16.0. The van der Waals surface area contributed by atoms with Crippen LogP contribution in [-0.2, 0) is 9.47 Å². The highest BCUT2D eigenvalue weighted by Crippen LogP contribution is 2.37. The third kappa shape index (κ3) is 4.66. The minimum absolute atomic E-state index is 0.0508. The summed E-state index contributed by atoms with van der Waals surface area (Å²) in [7, 11) is 0. The molecule has 2 aromatic carbocycles. The van der Waals surface area contributed by atoms with E-state index in [1.807, 2.05) is 27.7 Å². The van der Waals surface area contributed by atoms with Gasteiger partial charge in [-0.1, -0.05) is 0 Å². The second kappa shape index (κ2) is 8.36. The van der Waals surface area contributed by atoms with Gasteiger partial charge in [-0.3, -0.25) is 20.2 Å². The maximum Gasteiger partial charge on any atom is 0.269 e. The van der Waals surface area contributed by atoms with Crippen LogP contribution in [0.25, 0.3) is 11.1 Å². The first-order valence-corrected chi connectivity index (χ1v) is 10.7. The monoisotopic (exact) mass is 464 g/mol. The molecule has 0 aromatic heterocycles. The van der Waals surface area contributed by atoms with Crippen molar-refractivity contribution in [3.63, 3.8) is 0 Å². The quantitative estimate of drug-likeness (QED) is 0.342. The Morgan fingerprint density at radius 3 is 1.26 bits per heavy atom. The van der Waals surface area contributed by atoms with E-state index in [-0.39, 0.29) is 11.4 Å². The summed E-state index contributed by atoms with van der Waals surface area (Å²) in [6, 6.07) is 12.1. The van der Waals surface area contributed by atoms with Crippen LogP contribution in [0.15, 0.2) is 58.5 Å². The molecule has 4 rings (SSSR count). The zero-order chi connectivity index (χ0) is 24.7. The maximum atomic E-state index is 11.2. The highest BCUT2D eigenvalue weighted by Gasteiger charge is 2.35. The third-order valence-corrected chi connectivity index (χ3v) is 5.34. The second-order valence-corrected chi connectivity index (χ2v) is 9.39. The Labute approximate surface area is 195 Å². The second-order valence-electron chi connectivity index (χ2n) is 9.39. The van der Waals surface area contributed by atoms with Crippen LogP contribution >= 0.6 is 0 Å². The minimum atomic E-state index is -0.473. The number of rotatable bonds is 6. The van der Waals surface area contributed by atoms with Crippen molar-refractivity contribution in [3.05, 3.63) is 79.9 Å². The molecule has 0 amide bonds. The van der Waals surface area contributed by atoms with E-state index in [0.717, 1.165) is 0 Å². The molecule has 2 aliphatic heterocycles. The first-order valence-electron chi connectivity index (χ1n) is 10.7. The number of ether oxygens (including phenoxy) is 2. The van der Waals surface area contributed by atoms with Gasteiger partial charge in [-0.05, 0) is 63.1 Å². The van der Waals surface area contributed by atoms with Crippen molar-refractivity contribution in [2.75, 3.05) is 13.2 Å². The van der Waals surface area contributed by atoms with Gasteiger partial charge in [0.2, 0.25) is 11.8 Å². The highest BCUT2D eigenvalue weighted by molar-refractivity contribution is 6.40. The van der Waals surface area contributed by atoms with Gasteiger partial charge in [0.1, 0.15) is 13.2 Å². The molecular weight excluding hydrogens is 440 g/mol. The van der Waals surface area contributed by atoms with Crippen LogP contribution in [-0.4, -0.2) is 45.9 Å². The Hall–Kier alpha value is -4.08. The maximum absolute atomic E-state index is 11.2. The number of hydrogen-bond donors (Lipinski definition) is 0. The van der Waals surface area contributed by atoms with Crippen LogP contribution in [0.5, 0.6) is 0 Å². The van der Waals surface area contributed by atoms with Crippen molar-refractivity contribution in [1.82, 2.24) is 0 Å². The summed E-state index contributed by atoms with van der Waals surface area (Å²) in [4.78, 5) is 30.9. The molecule has 10 heteroatoms. The lowest BCUT2D eigenvalue weighted by Gasteiger charge is -2.16. The molecule has 10 nitrogen and oxygen atoms in total. The number of aliphatic imine (C=N–C) groups is 2. The van der Waals surface area contributed by atoms with Crippen molar-refractivity contribution in [1.29, 1.82) is 0 Å². The fourth-order valence-corrected chi connectivity index (χ4v) is 3.67. The molecule has 0 bridgehead atoms. The number of hydrogen-bond acceptors (Lipinski definition) is 8. The Morgan fingerprint density at radius 2 is 1.03 bits per heavy atom. The predicted molar refractivity (Wildman–Crippen MR) is 128 cm³/mol. The molecule has 0 atom stereocenters. The van der Waals surface area contributed by atoms with E-state index in [1.54, 1.807) is 24.3 Å². The predicted octanol–water partition coefficient (Wildman–Crippen LogP) is 4.83. The number of non-ortho nitro benzene ring substituents is 2. The third-order valence-electron chi connectivity index (χ3n) is 5.34. The molecular formula is C24H24N4O6. The molecule has 0 radical (unpaired) electrons. The Balaban J connectivity index is 2.01. The molecule has 0 N–H and O–H groups in total. The van der Waals surface area contributed by atoms with Crippen molar-refractivity contribution in [3.8, 4) is 0 Å². The van der Waals surface area contributed by atoms with Crippen LogP contribution in [0, 0.1) is 20.2 Å². The zero-order valence-corrected chi connectivity index (χ0v) is 19.3. The number of nitro benzene ring substituents is 2. The van der Waals surface area contributed by atoms with Gasteiger partial charge in [-0.15, -0.1) is 0 Å². The van der Waals surface area contributed by atoms with Gasteiger partial charge < -0.3 is 9.47 Å². The molecule has 34 heavy (non-hydrogen) atoms. The molecule has 2 aromatic rings. The van der Waals surface area contributed by atoms with Crippen molar-refractivity contribution >= 4 is 34.3 Å². The molecule has 0 saturated heterocycles. The first kappa shape index (κ1) is 23.1. The Bertz CT molecular complexity index is 1140. The van der Waals surface area contributed by atoms with Gasteiger partial charge in [-0.25, -0.2) is 9.98 Å². The minimum Gasteiger partial charge on any atom is -0.475 e. The number of benzene rings is 2. The van der Waals surface area contributed by atoms with Gasteiger partial charge in [0, 0.05) is 24.3 Å². The van der Waals surface area contributed by atoms with Crippen LogP contribution in [0.3, 0.4) is 0 Å². The highest BCUT2D eigenvalue weighted by atomic mass is 16.6. The molecule has 2 heterocycles. The summed E-state index contributed by atoms with van der Waals surface area (Å²) in [6.07, 6.45) is 0. The van der Waals surface area contributed by atoms with E-state index in [1.165, 1.54) is 24.3 Å². The lowest BCUT2D eigenvalue weighted by molar-refractivity contribution is -0.385. The van der Waals surface area contributed by atoms with Gasteiger partial charge in [-0.2, -0.15) is 0 Å². The smallest absolute Gasteiger partial charge is 0.269 e. The molecule has 0 aliphatic carbocycles. The summed E-state index contributed by atoms with van der Waals surface area (Å²) in [5, 5.41) is 22.4. The largest absolute Gasteiger partial charge is 0.475 e. The molecule has 0 saturated carbocycles. The summed E-state index contributed by atoms with van der Waals surface area (Å²) in [5.41, 5.74) is 1.28. The summed E-state index contributed by atoms with van der Waals surface area (Å²) in [6.45, 7) is 8.45. The summed E-state index contributed by atoms with van der Waals surface area (Å²) < 4.78 is 12.0. The molecule has 176 valence electrons. The van der Waals surface area contributed by atoms with E-state index in [4.69, 9.17) is 19.5 Å². The van der Waals surface area contributed by atoms with Crippen LogP contribution in [0.2, 0.25) is 0 Å². The Kier molecular flexibility index (Phi) is 5.68. The molecule has 0 unspecified atom stereocenters. The van der Waals surface area contributed by atoms with E-state index in [9.17, 15) is 20.2 Å². The summed E-state index contributed by atoms with van der Waals surface area (Å²) >= 11 is 0. The van der Waals surface area contributed by atoms with Crippen molar-refractivity contribution in [2.24, 2.45) is 9.98 Å². The lowest BCUT2D eigenvalue weighted by Crippen LogP contribution is -2.17. The van der Waals surface area contributed by atoms with Crippen LogP contribution in [0.4, 0.5) is 11.4 Å². The average Bonchev–Trinajstić information content (AvgIpc) is 3.32. The van der Waals surface area contributed by atoms with E-state index >= 15 is 0 Å². The SMILES string of the molecule is CC1(C)COC(/C(=C(/C2=NC(C)(C)CO2)c2ccc([N+](=O)[O-])cc2)c2ccc([N+](=O)[O-])cc2)=N1. The van der Waals surface area contributed by atoms with Crippen molar-refractivity contribution in [2.45, 2.75) is 38.8 Å². The standard InChI is InChI=1S/C24H24N4O6/c1-23(2)13-33-21(25-23)19(15-5-9-17(10-6-15)27(29)30)20(22-26-24(3,4)14-34-22)16-7-11-18(12-8-16)28(31)32/h5-12H,13-14H2,1-4H3/b20-19+. The van der Waals surface area contributed by atoms with Gasteiger partial charge >= 0.3 is 0 Å². The fraction of sp³-hybridized carbons (Fsp3) is 0.333. The Morgan fingerprint density at radius 1 is 0.706 bits per heavy atom. The number of nitro groups is 2. The number of nitrogens with zero attached hydrogens (tertiary/aromatic N) is 4. The molecule has 2 aliphatic rings. The van der Waals surface area contributed by atoms with Gasteiger partial charge in [0.25, 0.3) is 11.4 Å². The van der Waals surface area contributed by atoms with Crippen LogP contribution < -0.4 is 0 Å². The van der Waals surface area contributed by atoms with Gasteiger partial charge in [0.15, 0.2) is 0 Å². The molecule has 0 spiro atoms. The van der Waals surface area contributed by atoms with Crippen molar-refractivity contribution < 1.29 is 19.3 Å². The topological polar surface area (TPSA) is 129 Å². The summed E-state index contributed by atoms with van der Waals surface area (Å²) in [5.74, 6) is 0.700. The van der Waals surface area contributed by atoms with E-state index in [0.29, 0.717) is 47.3 Å². The van der Waals surface area contributed by atoms with Gasteiger partial charge in [0.05, 0.1) is 32.1 Å².